The fourth-order valence-corrected chi connectivity index (χ4v) is 3.25. The topological polar surface area (TPSA) is 109 Å². The third kappa shape index (κ3) is 2.89. The second kappa shape index (κ2) is 6.15. The average Bonchev–Trinajstić information content (AvgIpc) is 2.83. The van der Waals surface area contributed by atoms with Gasteiger partial charge in [0.05, 0.1) is 17.1 Å². The van der Waals surface area contributed by atoms with Gasteiger partial charge in [0.25, 0.3) is 5.91 Å². The molecule has 0 spiro atoms. The van der Waals surface area contributed by atoms with E-state index >= 15 is 0 Å². The minimum absolute atomic E-state index is 0.0776. The van der Waals surface area contributed by atoms with Gasteiger partial charge in [-0.05, 0) is 24.3 Å². The number of nitrogens with one attached hydrogen (secondary N) is 1. The molecule has 2 aromatic rings. The first kappa shape index (κ1) is 17.4. The lowest BCUT2D eigenvalue weighted by atomic mass is 9.88. The molecule has 25 heavy (non-hydrogen) atoms. The fraction of sp³-hybridized carbons (Fsp3) is 0.118. The zero-order valence-electron chi connectivity index (χ0n) is 12.7. The third-order valence-electron chi connectivity index (χ3n) is 4.04. The van der Waals surface area contributed by atoms with Gasteiger partial charge in [-0.25, -0.2) is 0 Å². The highest BCUT2D eigenvalue weighted by atomic mass is 35.5. The Labute approximate surface area is 152 Å². The molecule has 0 saturated carbocycles. The van der Waals surface area contributed by atoms with Crippen LogP contribution in [0.3, 0.4) is 0 Å². The van der Waals surface area contributed by atoms with Gasteiger partial charge in [-0.2, -0.15) is 0 Å². The van der Waals surface area contributed by atoms with E-state index in [0.29, 0.717) is 0 Å². The third-order valence-corrected chi connectivity index (χ3v) is 4.67. The number of benzene rings is 2. The van der Waals surface area contributed by atoms with Crippen LogP contribution in [0.15, 0.2) is 36.4 Å². The van der Waals surface area contributed by atoms with E-state index in [2.05, 4.69) is 5.32 Å². The lowest BCUT2D eigenvalue weighted by Crippen LogP contribution is -2.36. The number of Topliss-reactive ketones (excluding diaryl/α,β-unsaturated/α-hetero) is 1. The molecule has 6 nitrogen and oxygen atoms in total. The van der Waals surface area contributed by atoms with Gasteiger partial charge in [0.1, 0.15) is 0 Å². The van der Waals surface area contributed by atoms with Gasteiger partial charge in [0.2, 0.25) is 5.91 Å². The molecule has 128 valence electrons. The van der Waals surface area contributed by atoms with Crippen LogP contribution in [0.1, 0.15) is 32.7 Å². The van der Waals surface area contributed by atoms with E-state index in [9.17, 15) is 19.5 Å². The highest BCUT2D eigenvalue weighted by Gasteiger charge is 2.49. The number of carbonyl (C=O) groups is 3. The number of amides is 2. The second-order valence-corrected chi connectivity index (χ2v) is 6.45. The van der Waals surface area contributed by atoms with Crippen molar-refractivity contribution < 1.29 is 19.5 Å². The predicted octanol–water partition coefficient (Wildman–Crippen LogP) is 2.51. The van der Waals surface area contributed by atoms with Crippen molar-refractivity contribution in [3.63, 3.8) is 0 Å². The van der Waals surface area contributed by atoms with Gasteiger partial charge < -0.3 is 16.2 Å². The number of ketones is 1. The van der Waals surface area contributed by atoms with Crippen LogP contribution < -0.4 is 11.1 Å². The van der Waals surface area contributed by atoms with E-state index in [1.54, 1.807) is 0 Å². The quantitative estimate of drug-likeness (QED) is 0.709. The van der Waals surface area contributed by atoms with Crippen LogP contribution in [-0.4, -0.2) is 22.7 Å². The first-order valence-electron chi connectivity index (χ1n) is 7.19. The van der Waals surface area contributed by atoms with E-state index in [4.69, 9.17) is 28.9 Å². The minimum Gasteiger partial charge on any atom is -0.375 e. The molecular formula is C17H12Cl2N2O4. The zero-order valence-corrected chi connectivity index (χ0v) is 14.2. The summed E-state index contributed by atoms with van der Waals surface area (Å²) in [5.41, 5.74) is 3.76. The Kier molecular flexibility index (Phi) is 4.28. The predicted molar refractivity (Wildman–Crippen MR) is 92.9 cm³/mol. The number of hydrogen-bond donors (Lipinski definition) is 3. The molecular weight excluding hydrogens is 367 g/mol. The highest BCUT2D eigenvalue weighted by molar-refractivity contribution is 6.38. The Morgan fingerprint density at radius 3 is 2.20 bits per heavy atom. The van der Waals surface area contributed by atoms with E-state index < -0.39 is 29.6 Å². The summed E-state index contributed by atoms with van der Waals surface area (Å²) in [7, 11) is 0. The van der Waals surface area contributed by atoms with Crippen molar-refractivity contribution in [1.29, 1.82) is 0 Å². The number of nitrogens with two attached hydrogens (primary N) is 1. The highest BCUT2D eigenvalue weighted by Crippen LogP contribution is 2.46. The summed E-state index contributed by atoms with van der Waals surface area (Å²) in [6, 6.07) is 8.52. The summed E-state index contributed by atoms with van der Waals surface area (Å²) in [4.78, 5) is 35.9. The van der Waals surface area contributed by atoms with Gasteiger partial charge in [0.15, 0.2) is 11.4 Å². The number of rotatable bonds is 4. The molecule has 3 rings (SSSR count). The molecule has 0 aliphatic carbocycles. The molecule has 1 aliphatic rings. The van der Waals surface area contributed by atoms with E-state index in [1.165, 1.54) is 36.4 Å². The van der Waals surface area contributed by atoms with Gasteiger partial charge in [-0.3, -0.25) is 14.4 Å². The molecule has 1 heterocycles. The summed E-state index contributed by atoms with van der Waals surface area (Å²) < 4.78 is 0. The van der Waals surface area contributed by atoms with Crippen LogP contribution in [0.4, 0.5) is 5.69 Å². The van der Waals surface area contributed by atoms with Crippen LogP contribution in [0.25, 0.3) is 0 Å². The number of primary amides is 1. The average molecular weight is 379 g/mol. The zero-order chi connectivity index (χ0) is 18.4. The van der Waals surface area contributed by atoms with E-state index in [-0.39, 0.29) is 32.4 Å². The van der Waals surface area contributed by atoms with Crippen molar-refractivity contribution in [2.24, 2.45) is 5.73 Å². The molecule has 0 saturated heterocycles. The first-order chi connectivity index (χ1) is 11.7. The maximum Gasteiger partial charge on any atom is 0.261 e. The molecule has 2 amide bonds. The molecule has 1 atom stereocenters. The van der Waals surface area contributed by atoms with Crippen LogP contribution in [0, 0.1) is 0 Å². The van der Waals surface area contributed by atoms with Crippen LogP contribution in [0.2, 0.25) is 10.0 Å². The minimum atomic E-state index is -2.13. The number of hydrogen-bond acceptors (Lipinski definition) is 4. The Morgan fingerprint density at radius 1 is 1.04 bits per heavy atom. The van der Waals surface area contributed by atoms with Crippen molar-refractivity contribution in [1.82, 2.24) is 0 Å². The van der Waals surface area contributed by atoms with Crippen LogP contribution >= 0.6 is 23.2 Å². The summed E-state index contributed by atoms with van der Waals surface area (Å²) in [6.07, 6.45) is -0.526. The van der Waals surface area contributed by atoms with Crippen molar-refractivity contribution in [2.45, 2.75) is 12.0 Å². The van der Waals surface area contributed by atoms with Crippen molar-refractivity contribution in [3.8, 4) is 0 Å². The van der Waals surface area contributed by atoms with Gasteiger partial charge in [-0.1, -0.05) is 35.3 Å². The maximum atomic E-state index is 12.5. The molecule has 2 aromatic carbocycles. The molecule has 1 aliphatic heterocycles. The van der Waals surface area contributed by atoms with Crippen molar-refractivity contribution in [3.05, 3.63) is 63.1 Å². The summed E-state index contributed by atoms with van der Waals surface area (Å²) >= 11 is 12.1. The van der Waals surface area contributed by atoms with Gasteiger partial charge in [-0.15, -0.1) is 0 Å². The Bertz CT molecular complexity index is 912. The number of halogens is 2. The lowest BCUT2D eigenvalue weighted by Gasteiger charge is -2.21. The fourth-order valence-electron chi connectivity index (χ4n) is 2.73. The lowest BCUT2D eigenvalue weighted by molar-refractivity contribution is -0.133. The standard InChI is InChI=1S/C17H12Cl2N2O4/c18-10-5-6-11(19)14-13(10)17(25,16(24)21-14)7-12(22)8-1-3-9(4-2-8)15(20)23/h1-6,25H,7H2,(H2,20,23)(H,21,24). The van der Waals surface area contributed by atoms with Gasteiger partial charge in [0, 0.05) is 21.7 Å². The summed E-state index contributed by atoms with van der Waals surface area (Å²) in [6.45, 7) is 0. The van der Waals surface area contributed by atoms with Crippen LogP contribution in [0.5, 0.6) is 0 Å². The Hall–Kier alpha value is -2.41. The van der Waals surface area contributed by atoms with Gasteiger partial charge >= 0.3 is 0 Å². The normalized spacial score (nSPS) is 18.6. The SMILES string of the molecule is NC(=O)c1ccc(C(=O)CC2(O)C(=O)Nc3c(Cl)ccc(Cl)c32)cc1. The Morgan fingerprint density at radius 2 is 1.60 bits per heavy atom. The van der Waals surface area contributed by atoms with Crippen molar-refractivity contribution >= 4 is 46.5 Å². The number of anilines is 1. The van der Waals surface area contributed by atoms with E-state index in [0.717, 1.165) is 0 Å². The summed E-state index contributed by atoms with van der Waals surface area (Å²) in [5.74, 6) is -1.90. The first-order valence-corrected chi connectivity index (χ1v) is 7.95. The maximum absolute atomic E-state index is 12.5. The molecule has 1 unspecified atom stereocenters. The van der Waals surface area contributed by atoms with Crippen molar-refractivity contribution in [2.75, 3.05) is 5.32 Å². The molecule has 0 aromatic heterocycles. The Balaban J connectivity index is 1.95. The summed E-state index contributed by atoms with van der Waals surface area (Å²) in [5, 5.41) is 13.6. The number of fused-ring (bicyclic) bond motifs is 1. The van der Waals surface area contributed by atoms with Crippen LogP contribution in [-0.2, 0) is 10.4 Å². The molecule has 0 radical (unpaired) electrons. The number of aliphatic hydroxyl groups is 1. The largest absolute Gasteiger partial charge is 0.375 e. The van der Waals surface area contributed by atoms with E-state index in [1.807, 2.05) is 0 Å². The molecule has 0 bridgehead atoms. The number of carbonyl (C=O) groups excluding carboxylic acids is 3. The molecule has 8 heteroatoms. The smallest absolute Gasteiger partial charge is 0.261 e. The molecule has 0 fully saturated rings. The monoisotopic (exact) mass is 378 g/mol. The molecule has 4 N–H and O–H groups in total. The second-order valence-electron chi connectivity index (χ2n) is 5.64.